The molecule has 94 valence electrons. The van der Waals surface area contributed by atoms with Gasteiger partial charge in [-0.25, -0.2) is 4.79 Å². The van der Waals surface area contributed by atoms with E-state index in [9.17, 15) is 4.79 Å². The Kier molecular flexibility index (Phi) is 4.82. The lowest BCUT2D eigenvalue weighted by Gasteiger charge is -2.17. The fraction of sp³-hybridized carbons (Fsp3) is 0.462. The molecule has 0 aliphatic carbocycles. The highest BCUT2D eigenvalue weighted by Gasteiger charge is 2.18. The van der Waals surface area contributed by atoms with Gasteiger partial charge in [0.05, 0.1) is 6.61 Å². The molecule has 1 aromatic carbocycles. The first-order valence-corrected chi connectivity index (χ1v) is 5.93. The van der Waals surface area contributed by atoms with Gasteiger partial charge >= 0.3 is 5.97 Å². The Hall–Kier alpha value is -1.22. The van der Waals surface area contributed by atoms with Crippen molar-refractivity contribution in [3.63, 3.8) is 0 Å². The summed E-state index contributed by atoms with van der Waals surface area (Å²) in [7, 11) is 0. The normalized spacial score (nSPS) is 12.1. The molecule has 0 aliphatic rings. The minimum Gasteiger partial charge on any atom is -0.478 e. The van der Waals surface area contributed by atoms with E-state index in [-0.39, 0.29) is 5.97 Å². The molecule has 0 saturated carbocycles. The van der Waals surface area contributed by atoms with E-state index in [0.29, 0.717) is 17.4 Å². The molecule has 1 aromatic rings. The molecule has 0 bridgehead atoms. The topological polar surface area (TPSA) is 35.5 Å². The summed E-state index contributed by atoms with van der Waals surface area (Å²) in [4.78, 5) is 11.5. The summed E-state index contributed by atoms with van der Waals surface area (Å²) in [5.41, 5.74) is 1.82. The van der Waals surface area contributed by atoms with Gasteiger partial charge in [0.25, 0.3) is 0 Å². The zero-order valence-corrected chi connectivity index (χ0v) is 11.3. The monoisotopic (exact) mass is 256 g/mol. The van der Waals surface area contributed by atoms with Crippen LogP contribution in [0.2, 0.25) is 5.02 Å². The van der Waals surface area contributed by atoms with E-state index < -0.39 is 6.10 Å². The highest BCUT2D eigenvalue weighted by molar-refractivity contribution is 6.30. The lowest BCUT2D eigenvalue weighted by atomic mass is 10.1. The van der Waals surface area contributed by atoms with Gasteiger partial charge in [-0.05, 0) is 51.0 Å². The maximum absolute atomic E-state index is 11.5. The molecule has 0 N–H and O–H groups in total. The van der Waals surface area contributed by atoms with Crippen LogP contribution >= 0.6 is 11.6 Å². The van der Waals surface area contributed by atoms with Gasteiger partial charge in [-0.15, -0.1) is 0 Å². The van der Waals surface area contributed by atoms with E-state index in [2.05, 4.69) is 0 Å². The summed E-state index contributed by atoms with van der Waals surface area (Å²) >= 11 is 5.92. The SMILES string of the molecule is CCOC(=O)[C@H](C)Oc1c(C)cc(Cl)cc1C. The first kappa shape index (κ1) is 13.8. The van der Waals surface area contributed by atoms with Crippen LogP contribution in [0, 0.1) is 13.8 Å². The molecule has 17 heavy (non-hydrogen) atoms. The van der Waals surface area contributed by atoms with E-state index >= 15 is 0 Å². The molecule has 3 nitrogen and oxygen atoms in total. The van der Waals surface area contributed by atoms with Gasteiger partial charge in [0, 0.05) is 5.02 Å². The second-order valence-electron chi connectivity index (χ2n) is 3.88. The number of carbonyl (C=O) groups is 1. The van der Waals surface area contributed by atoms with Crippen LogP contribution in [0.25, 0.3) is 0 Å². The average molecular weight is 257 g/mol. The van der Waals surface area contributed by atoms with Crippen LogP contribution in [-0.2, 0) is 9.53 Å². The van der Waals surface area contributed by atoms with E-state index in [0.717, 1.165) is 11.1 Å². The van der Waals surface area contributed by atoms with E-state index in [1.54, 1.807) is 13.8 Å². The Morgan fingerprint density at radius 2 is 1.88 bits per heavy atom. The number of ether oxygens (including phenoxy) is 2. The summed E-state index contributed by atoms with van der Waals surface area (Å²) in [6.45, 7) is 7.58. The van der Waals surface area contributed by atoms with Crippen molar-refractivity contribution < 1.29 is 14.3 Å². The molecule has 4 heteroatoms. The maximum atomic E-state index is 11.5. The minimum absolute atomic E-state index is 0.352. The molecular formula is C13H17ClO3. The predicted molar refractivity (Wildman–Crippen MR) is 67.6 cm³/mol. The lowest BCUT2D eigenvalue weighted by Crippen LogP contribution is -2.26. The third-order valence-electron chi connectivity index (χ3n) is 2.34. The zero-order valence-electron chi connectivity index (χ0n) is 10.5. The van der Waals surface area contributed by atoms with Crippen LogP contribution in [0.5, 0.6) is 5.75 Å². The van der Waals surface area contributed by atoms with Gasteiger partial charge in [0.2, 0.25) is 0 Å². The molecule has 0 aromatic heterocycles. The Balaban J connectivity index is 2.85. The second kappa shape index (κ2) is 5.92. The van der Waals surface area contributed by atoms with Crippen molar-refractivity contribution >= 4 is 17.6 Å². The van der Waals surface area contributed by atoms with Gasteiger partial charge < -0.3 is 9.47 Å². The van der Waals surface area contributed by atoms with Crippen LogP contribution in [0.3, 0.4) is 0 Å². The van der Waals surface area contributed by atoms with Crippen molar-refractivity contribution in [1.29, 1.82) is 0 Å². The molecule has 0 unspecified atom stereocenters. The lowest BCUT2D eigenvalue weighted by molar-refractivity contribution is -0.150. The number of carbonyl (C=O) groups excluding carboxylic acids is 1. The van der Waals surface area contributed by atoms with Gasteiger partial charge in [0.15, 0.2) is 6.10 Å². The van der Waals surface area contributed by atoms with Crippen molar-refractivity contribution in [3.8, 4) is 5.75 Å². The molecule has 0 aliphatic heterocycles. The zero-order chi connectivity index (χ0) is 13.0. The molecule has 0 saturated heterocycles. The standard InChI is InChI=1S/C13H17ClO3/c1-5-16-13(15)10(4)17-12-8(2)6-11(14)7-9(12)3/h6-7,10H,5H2,1-4H3/t10-/m0/s1. The number of hydrogen-bond donors (Lipinski definition) is 0. The summed E-state index contributed by atoms with van der Waals surface area (Å²) < 4.78 is 10.5. The molecule has 0 fully saturated rings. The van der Waals surface area contributed by atoms with Crippen LogP contribution < -0.4 is 4.74 Å². The molecular weight excluding hydrogens is 240 g/mol. The van der Waals surface area contributed by atoms with Crippen LogP contribution in [0.4, 0.5) is 0 Å². The highest BCUT2D eigenvalue weighted by atomic mass is 35.5. The number of benzene rings is 1. The number of aryl methyl sites for hydroxylation is 2. The van der Waals surface area contributed by atoms with Crippen molar-refractivity contribution in [2.45, 2.75) is 33.8 Å². The number of rotatable bonds is 4. The molecule has 0 radical (unpaired) electrons. The largest absolute Gasteiger partial charge is 0.478 e. The summed E-state index contributed by atoms with van der Waals surface area (Å²) in [5, 5.41) is 0.663. The smallest absolute Gasteiger partial charge is 0.347 e. The third kappa shape index (κ3) is 3.63. The maximum Gasteiger partial charge on any atom is 0.347 e. The Bertz CT molecular complexity index is 392. The summed E-state index contributed by atoms with van der Waals surface area (Å²) in [5.74, 6) is 0.330. The van der Waals surface area contributed by atoms with Crippen molar-refractivity contribution in [3.05, 3.63) is 28.3 Å². The van der Waals surface area contributed by atoms with E-state index in [4.69, 9.17) is 21.1 Å². The number of hydrogen-bond acceptors (Lipinski definition) is 3. The molecule has 0 amide bonds. The number of halogens is 1. The van der Waals surface area contributed by atoms with Gasteiger partial charge in [0.1, 0.15) is 5.75 Å². The Morgan fingerprint density at radius 1 is 1.35 bits per heavy atom. The fourth-order valence-electron chi connectivity index (χ4n) is 1.57. The Labute approximate surface area is 107 Å². The van der Waals surface area contributed by atoms with E-state index in [1.165, 1.54) is 0 Å². The van der Waals surface area contributed by atoms with E-state index in [1.807, 2.05) is 26.0 Å². The third-order valence-corrected chi connectivity index (χ3v) is 2.56. The van der Waals surface area contributed by atoms with Gasteiger partial charge in [-0.3, -0.25) is 0 Å². The average Bonchev–Trinajstić information content (AvgIpc) is 2.23. The van der Waals surface area contributed by atoms with Crippen LogP contribution in [0.1, 0.15) is 25.0 Å². The minimum atomic E-state index is -0.617. The first-order valence-electron chi connectivity index (χ1n) is 5.55. The Morgan fingerprint density at radius 3 is 2.35 bits per heavy atom. The summed E-state index contributed by atoms with van der Waals surface area (Å²) in [6, 6.07) is 3.61. The molecule has 0 heterocycles. The van der Waals surface area contributed by atoms with Gasteiger partial charge in [-0.2, -0.15) is 0 Å². The molecule has 1 rings (SSSR count). The molecule has 1 atom stereocenters. The van der Waals surface area contributed by atoms with Crippen LogP contribution in [-0.4, -0.2) is 18.7 Å². The van der Waals surface area contributed by atoms with Crippen molar-refractivity contribution in [2.24, 2.45) is 0 Å². The van der Waals surface area contributed by atoms with Gasteiger partial charge in [-0.1, -0.05) is 11.6 Å². The fourth-order valence-corrected chi connectivity index (χ4v) is 1.90. The summed E-state index contributed by atoms with van der Waals surface area (Å²) in [6.07, 6.45) is -0.617. The van der Waals surface area contributed by atoms with Crippen LogP contribution in [0.15, 0.2) is 12.1 Å². The molecule has 0 spiro atoms. The van der Waals surface area contributed by atoms with Crippen molar-refractivity contribution in [2.75, 3.05) is 6.61 Å². The van der Waals surface area contributed by atoms with Crippen molar-refractivity contribution in [1.82, 2.24) is 0 Å². The highest BCUT2D eigenvalue weighted by Crippen LogP contribution is 2.27. The second-order valence-corrected chi connectivity index (χ2v) is 4.32. The predicted octanol–water partition coefficient (Wildman–Crippen LogP) is 3.29. The first-order chi connectivity index (χ1) is 7.95. The number of esters is 1. The quantitative estimate of drug-likeness (QED) is 0.776.